The Balaban J connectivity index is 2.10. The largest absolute Gasteiger partial charge is 0.354 e. The summed E-state index contributed by atoms with van der Waals surface area (Å²) >= 11 is 1.94. The summed E-state index contributed by atoms with van der Waals surface area (Å²) in [6.45, 7) is 0. The summed E-state index contributed by atoms with van der Waals surface area (Å²) in [6.07, 6.45) is 0. The normalized spacial score (nSPS) is 13.4. The highest BCUT2D eigenvalue weighted by molar-refractivity contribution is 7.99. The predicted octanol–water partition coefficient (Wildman–Crippen LogP) is 4.44. The molecule has 0 bridgehead atoms. The standard InChI is InChI=1S/C15H11NS/c1-2-6-11-10(5-1)9-17-15-12-7-3-4-8-13(12)16-14(11)15/h1-8,16H,9H2. The quantitative estimate of drug-likeness (QED) is 0.611. The van der Waals surface area contributed by atoms with E-state index >= 15 is 0 Å². The number of thioether (sulfide) groups is 1. The molecule has 17 heavy (non-hydrogen) atoms. The average Bonchev–Trinajstić information content (AvgIpc) is 2.78. The average molecular weight is 237 g/mol. The number of aromatic amines is 1. The van der Waals surface area contributed by atoms with E-state index in [1.165, 1.54) is 32.6 Å². The lowest BCUT2D eigenvalue weighted by Crippen LogP contribution is -1.93. The van der Waals surface area contributed by atoms with Crippen LogP contribution in [0.2, 0.25) is 0 Å². The molecule has 0 aliphatic carbocycles. The molecule has 0 fully saturated rings. The van der Waals surface area contributed by atoms with Crippen molar-refractivity contribution in [3.8, 4) is 11.3 Å². The minimum Gasteiger partial charge on any atom is -0.354 e. The van der Waals surface area contributed by atoms with Gasteiger partial charge in [-0.15, -0.1) is 11.8 Å². The van der Waals surface area contributed by atoms with Gasteiger partial charge < -0.3 is 4.98 Å². The van der Waals surface area contributed by atoms with Crippen LogP contribution in [0.4, 0.5) is 0 Å². The molecule has 0 radical (unpaired) electrons. The van der Waals surface area contributed by atoms with Gasteiger partial charge in [0, 0.05) is 27.1 Å². The van der Waals surface area contributed by atoms with Gasteiger partial charge in [0.05, 0.1) is 5.69 Å². The van der Waals surface area contributed by atoms with E-state index < -0.39 is 0 Å². The van der Waals surface area contributed by atoms with Gasteiger partial charge in [0.2, 0.25) is 0 Å². The van der Waals surface area contributed by atoms with E-state index in [-0.39, 0.29) is 0 Å². The van der Waals surface area contributed by atoms with Gasteiger partial charge in [0.1, 0.15) is 0 Å². The summed E-state index contributed by atoms with van der Waals surface area (Å²) in [5.41, 5.74) is 5.31. The molecule has 3 aromatic rings. The number of aromatic nitrogens is 1. The van der Waals surface area contributed by atoms with Gasteiger partial charge in [-0.1, -0.05) is 42.5 Å². The van der Waals surface area contributed by atoms with Gasteiger partial charge in [-0.3, -0.25) is 0 Å². The summed E-state index contributed by atoms with van der Waals surface area (Å²) < 4.78 is 0. The van der Waals surface area contributed by atoms with Crippen LogP contribution in [0.5, 0.6) is 0 Å². The van der Waals surface area contributed by atoms with Gasteiger partial charge >= 0.3 is 0 Å². The topological polar surface area (TPSA) is 15.8 Å². The van der Waals surface area contributed by atoms with E-state index in [0.29, 0.717) is 0 Å². The third-order valence-electron chi connectivity index (χ3n) is 3.32. The molecule has 1 N–H and O–H groups in total. The zero-order valence-corrected chi connectivity index (χ0v) is 10.1. The number of benzene rings is 2. The van der Waals surface area contributed by atoms with Crippen LogP contribution in [0, 0.1) is 0 Å². The van der Waals surface area contributed by atoms with Crippen molar-refractivity contribution in [3.63, 3.8) is 0 Å². The first kappa shape index (κ1) is 9.37. The lowest BCUT2D eigenvalue weighted by atomic mass is 10.1. The summed E-state index contributed by atoms with van der Waals surface area (Å²) in [5, 5.41) is 1.35. The Bertz CT molecular complexity index is 712. The summed E-state index contributed by atoms with van der Waals surface area (Å²) in [4.78, 5) is 4.95. The van der Waals surface area contributed by atoms with Gasteiger partial charge in [-0.05, 0) is 11.6 Å². The van der Waals surface area contributed by atoms with Crippen LogP contribution in [0.25, 0.3) is 22.2 Å². The molecule has 2 aromatic carbocycles. The van der Waals surface area contributed by atoms with E-state index in [1.54, 1.807) is 0 Å². The second kappa shape index (κ2) is 3.41. The van der Waals surface area contributed by atoms with Gasteiger partial charge in [0.15, 0.2) is 0 Å². The van der Waals surface area contributed by atoms with E-state index in [4.69, 9.17) is 0 Å². The Morgan fingerprint density at radius 3 is 2.76 bits per heavy atom. The fourth-order valence-electron chi connectivity index (χ4n) is 2.50. The van der Waals surface area contributed by atoms with Crippen LogP contribution < -0.4 is 0 Å². The Morgan fingerprint density at radius 1 is 0.941 bits per heavy atom. The van der Waals surface area contributed by atoms with Gasteiger partial charge in [-0.2, -0.15) is 0 Å². The van der Waals surface area contributed by atoms with Crippen molar-refractivity contribution in [1.29, 1.82) is 0 Å². The number of H-pyrrole nitrogens is 1. The molecule has 1 aliphatic rings. The number of nitrogens with one attached hydrogen (secondary N) is 1. The van der Waals surface area contributed by atoms with E-state index in [1.807, 2.05) is 11.8 Å². The minimum atomic E-state index is 1.07. The maximum absolute atomic E-state index is 3.55. The molecule has 1 nitrogen and oxygen atoms in total. The van der Waals surface area contributed by atoms with Gasteiger partial charge in [0.25, 0.3) is 0 Å². The second-order valence-electron chi connectivity index (χ2n) is 4.32. The van der Waals surface area contributed by atoms with Crippen LogP contribution in [-0.2, 0) is 5.75 Å². The number of para-hydroxylation sites is 1. The maximum atomic E-state index is 3.55. The molecule has 4 rings (SSSR count). The van der Waals surface area contributed by atoms with Crippen molar-refractivity contribution in [2.24, 2.45) is 0 Å². The SMILES string of the molecule is c1ccc2c(c1)CSc1c-2[nH]c2ccccc12. The zero-order chi connectivity index (χ0) is 11.2. The third-order valence-corrected chi connectivity index (χ3v) is 4.49. The molecule has 1 aliphatic heterocycles. The molecule has 0 saturated heterocycles. The van der Waals surface area contributed by atoms with Crippen molar-refractivity contribution in [3.05, 3.63) is 54.1 Å². The first-order valence-corrected chi connectivity index (χ1v) is 6.74. The molecule has 2 heteroatoms. The van der Waals surface area contributed by atoms with Crippen molar-refractivity contribution >= 4 is 22.7 Å². The van der Waals surface area contributed by atoms with Gasteiger partial charge in [-0.25, -0.2) is 0 Å². The maximum Gasteiger partial charge on any atom is 0.0606 e. The Morgan fingerprint density at radius 2 is 1.76 bits per heavy atom. The van der Waals surface area contributed by atoms with Crippen LogP contribution in [0.3, 0.4) is 0 Å². The molecule has 1 aromatic heterocycles. The van der Waals surface area contributed by atoms with Crippen LogP contribution in [0.1, 0.15) is 5.56 Å². The van der Waals surface area contributed by atoms with Crippen LogP contribution in [0.15, 0.2) is 53.4 Å². The monoisotopic (exact) mass is 237 g/mol. The smallest absolute Gasteiger partial charge is 0.0606 e. The fourth-order valence-corrected chi connectivity index (χ4v) is 3.69. The molecule has 0 amide bonds. The number of fused-ring (bicyclic) bond motifs is 5. The van der Waals surface area contributed by atoms with E-state index in [9.17, 15) is 0 Å². The first-order valence-electron chi connectivity index (χ1n) is 5.75. The molecular weight excluding hydrogens is 226 g/mol. The predicted molar refractivity (Wildman–Crippen MR) is 73.3 cm³/mol. The summed E-state index contributed by atoms with van der Waals surface area (Å²) in [7, 11) is 0. The fraction of sp³-hybridized carbons (Fsp3) is 0.0667. The number of hydrogen-bond acceptors (Lipinski definition) is 1. The molecule has 0 spiro atoms. The van der Waals surface area contributed by atoms with Crippen molar-refractivity contribution in [2.45, 2.75) is 10.6 Å². The summed E-state index contributed by atoms with van der Waals surface area (Å²) in [6, 6.07) is 17.2. The minimum absolute atomic E-state index is 1.07. The molecule has 0 atom stereocenters. The number of rotatable bonds is 0. The first-order chi connectivity index (χ1) is 8.43. The Kier molecular flexibility index (Phi) is 1.88. The highest BCUT2D eigenvalue weighted by atomic mass is 32.2. The second-order valence-corrected chi connectivity index (χ2v) is 5.31. The summed E-state index contributed by atoms with van der Waals surface area (Å²) in [5.74, 6) is 1.07. The zero-order valence-electron chi connectivity index (χ0n) is 9.23. The Hall–Kier alpha value is -1.67. The molecule has 2 heterocycles. The molecule has 82 valence electrons. The van der Waals surface area contributed by atoms with Crippen molar-refractivity contribution in [1.82, 2.24) is 4.98 Å². The van der Waals surface area contributed by atoms with E-state index in [0.717, 1.165) is 5.75 Å². The third kappa shape index (κ3) is 1.28. The van der Waals surface area contributed by atoms with Crippen LogP contribution in [-0.4, -0.2) is 4.98 Å². The van der Waals surface area contributed by atoms with Crippen molar-refractivity contribution in [2.75, 3.05) is 0 Å². The molecular formula is C15H11NS. The highest BCUT2D eigenvalue weighted by Gasteiger charge is 2.20. The highest BCUT2D eigenvalue weighted by Crippen LogP contribution is 2.44. The molecule has 0 saturated carbocycles. The van der Waals surface area contributed by atoms with Crippen molar-refractivity contribution < 1.29 is 0 Å². The van der Waals surface area contributed by atoms with E-state index in [2.05, 4.69) is 53.5 Å². The van der Waals surface area contributed by atoms with Crippen LogP contribution >= 0.6 is 11.8 Å². The molecule has 0 unspecified atom stereocenters. The lowest BCUT2D eigenvalue weighted by molar-refractivity contribution is 1.30. The Labute approximate surface area is 104 Å². The lowest BCUT2D eigenvalue weighted by Gasteiger charge is -2.15. The number of hydrogen-bond donors (Lipinski definition) is 1.